The van der Waals surface area contributed by atoms with Gasteiger partial charge in [-0.05, 0) is 6.42 Å². The molecular weight excluding hydrogens is 206 g/mol. The van der Waals surface area contributed by atoms with Gasteiger partial charge in [0.05, 0.1) is 13.1 Å². The fourth-order valence-corrected chi connectivity index (χ4v) is 2.81. The predicted molar refractivity (Wildman–Crippen MR) is 57.0 cm³/mol. The molecule has 1 saturated heterocycles. The Morgan fingerprint density at radius 3 is 2.86 bits per heavy atom. The van der Waals surface area contributed by atoms with Gasteiger partial charge in [0.15, 0.2) is 0 Å². The monoisotopic (exact) mass is 224 g/mol. The summed E-state index contributed by atoms with van der Waals surface area (Å²) in [4.78, 5) is 1.83. The predicted octanol–water partition coefficient (Wildman–Crippen LogP) is 1.41. The van der Waals surface area contributed by atoms with Crippen LogP contribution in [0.3, 0.4) is 0 Å². The first-order valence-electron chi connectivity index (χ1n) is 4.99. The average Bonchev–Trinajstić information content (AvgIpc) is 2.17. The molecule has 0 radical (unpaired) electrons. The SMILES string of the molecule is CCC1CN(CC(F)(F)CN)CCS1. The molecule has 0 bridgehead atoms. The van der Waals surface area contributed by atoms with Gasteiger partial charge in [-0.25, -0.2) is 8.78 Å². The summed E-state index contributed by atoms with van der Waals surface area (Å²) in [5, 5.41) is 0.511. The maximum absolute atomic E-state index is 13.0. The highest BCUT2D eigenvalue weighted by molar-refractivity contribution is 8.00. The van der Waals surface area contributed by atoms with Crippen LogP contribution >= 0.6 is 11.8 Å². The topological polar surface area (TPSA) is 29.3 Å². The molecule has 14 heavy (non-hydrogen) atoms. The lowest BCUT2D eigenvalue weighted by molar-refractivity contribution is -0.0227. The smallest absolute Gasteiger partial charge is 0.272 e. The average molecular weight is 224 g/mol. The van der Waals surface area contributed by atoms with Gasteiger partial charge in [0.1, 0.15) is 0 Å². The Kier molecular flexibility index (Phi) is 4.60. The highest BCUT2D eigenvalue weighted by Gasteiger charge is 2.31. The zero-order chi connectivity index (χ0) is 10.6. The fourth-order valence-electron chi connectivity index (χ4n) is 1.56. The minimum atomic E-state index is -2.72. The second kappa shape index (κ2) is 5.28. The van der Waals surface area contributed by atoms with Crippen molar-refractivity contribution in [2.24, 2.45) is 5.73 Å². The van der Waals surface area contributed by atoms with Crippen molar-refractivity contribution < 1.29 is 8.78 Å². The molecule has 0 aliphatic carbocycles. The lowest BCUT2D eigenvalue weighted by Gasteiger charge is -2.33. The van der Waals surface area contributed by atoms with E-state index in [0.717, 1.165) is 25.3 Å². The number of thioether (sulfide) groups is 1. The molecule has 1 fully saturated rings. The molecule has 0 aromatic heterocycles. The molecule has 84 valence electrons. The third kappa shape index (κ3) is 3.71. The quantitative estimate of drug-likeness (QED) is 0.783. The normalized spacial score (nSPS) is 25.3. The lowest BCUT2D eigenvalue weighted by atomic mass is 10.2. The van der Waals surface area contributed by atoms with E-state index >= 15 is 0 Å². The van der Waals surface area contributed by atoms with Gasteiger partial charge in [0, 0.05) is 24.1 Å². The van der Waals surface area contributed by atoms with E-state index in [1.807, 2.05) is 16.7 Å². The number of hydrogen-bond acceptors (Lipinski definition) is 3. The van der Waals surface area contributed by atoms with E-state index < -0.39 is 12.5 Å². The summed E-state index contributed by atoms with van der Waals surface area (Å²) in [6.45, 7) is 2.91. The molecule has 2 N–H and O–H groups in total. The first-order valence-corrected chi connectivity index (χ1v) is 6.04. The molecule has 1 heterocycles. The second-order valence-electron chi connectivity index (χ2n) is 3.70. The number of hydrogen-bond donors (Lipinski definition) is 1. The van der Waals surface area contributed by atoms with Crippen LogP contribution in [0.4, 0.5) is 8.78 Å². The molecule has 1 aliphatic rings. The van der Waals surface area contributed by atoms with Gasteiger partial charge in [-0.15, -0.1) is 0 Å². The van der Waals surface area contributed by atoms with Gasteiger partial charge in [-0.2, -0.15) is 11.8 Å². The van der Waals surface area contributed by atoms with Crippen molar-refractivity contribution in [1.82, 2.24) is 4.90 Å². The maximum atomic E-state index is 13.0. The van der Waals surface area contributed by atoms with E-state index in [9.17, 15) is 8.78 Å². The van der Waals surface area contributed by atoms with Gasteiger partial charge in [0.25, 0.3) is 5.92 Å². The van der Waals surface area contributed by atoms with Crippen molar-refractivity contribution in [3.05, 3.63) is 0 Å². The Bertz CT molecular complexity index is 178. The van der Waals surface area contributed by atoms with Gasteiger partial charge >= 0.3 is 0 Å². The van der Waals surface area contributed by atoms with E-state index in [2.05, 4.69) is 6.92 Å². The summed E-state index contributed by atoms with van der Waals surface area (Å²) in [6, 6.07) is 0. The Balaban J connectivity index is 2.37. The molecule has 0 aromatic rings. The zero-order valence-corrected chi connectivity index (χ0v) is 9.33. The van der Waals surface area contributed by atoms with Gasteiger partial charge in [-0.1, -0.05) is 6.92 Å². The Morgan fingerprint density at radius 1 is 1.57 bits per heavy atom. The number of halogens is 2. The molecule has 5 heteroatoms. The highest BCUT2D eigenvalue weighted by atomic mass is 32.2. The van der Waals surface area contributed by atoms with E-state index in [0.29, 0.717) is 5.25 Å². The van der Waals surface area contributed by atoms with Crippen LogP contribution in [0.25, 0.3) is 0 Å². The highest BCUT2D eigenvalue weighted by Crippen LogP contribution is 2.23. The van der Waals surface area contributed by atoms with Crippen LogP contribution in [0.2, 0.25) is 0 Å². The second-order valence-corrected chi connectivity index (χ2v) is 5.10. The largest absolute Gasteiger partial charge is 0.325 e. The summed E-state index contributed by atoms with van der Waals surface area (Å²) >= 11 is 1.88. The van der Waals surface area contributed by atoms with E-state index in [1.54, 1.807) is 0 Å². The minimum absolute atomic E-state index is 0.180. The maximum Gasteiger partial charge on any atom is 0.272 e. The van der Waals surface area contributed by atoms with E-state index in [1.165, 1.54) is 0 Å². The molecule has 1 atom stereocenters. The van der Waals surface area contributed by atoms with Crippen molar-refractivity contribution >= 4 is 11.8 Å². The molecule has 0 saturated carbocycles. The van der Waals surface area contributed by atoms with Gasteiger partial charge in [0.2, 0.25) is 0 Å². The summed E-state index contributed by atoms with van der Waals surface area (Å²) in [5.74, 6) is -1.76. The zero-order valence-electron chi connectivity index (χ0n) is 8.51. The van der Waals surface area contributed by atoms with Crippen LogP contribution < -0.4 is 5.73 Å². The summed E-state index contributed by atoms with van der Waals surface area (Å²) in [6.07, 6.45) is 1.05. The van der Waals surface area contributed by atoms with Gasteiger partial charge in [-0.3, -0.25) is 4.90 Å². The van der Waals surface area contributed by atoms with Crippen LogP contribution in [0.1, 0.15) is 13.3 Å². The van der Waals surface area contributed by atoms with Crippen LogP contribution in [0.5, 0.6) is 0 Å². The van der Waals surface area contributed by atoms with Crippen LogP contribution in [-0.4, -0.2) is 48.0 Å². The molecular formula is C9H18F2N2S. The van der Waals surface area contributed by atoms with Crippen molar-refractivity contribution in [2.45, 2.75) is 24.5 Å². The van der Waals surface area contributed by atoms with Crippen LogP contribution in [0.15, 0.2) is 0 Å². The Morgan fingerprint density at radius 2 is 2.29 bits per heavy atom. The number of rotatable bonds is 4. The van der Waals surface area contributed by atoms with Crippen molar-refractivity contribution in [2.75, 3.05) is 31.9 Å². The van der Waals surface area contributed by atoms with Crippen LogP contribution in [0, 0.1) is 0 Å². The third-order valence-corrected chi connectivity index (χ3v) is 3.80. The first kappa shape index (κ1) is 12.2. The number of nitrogens with zero attached hydrogens (tertiary/aromatic N) is 1. The minimum Gasteiger partial charge on any atom is -0.325 e. The molecule has 1 aliphatic heterocycles. The standard InChI is InChI=1S/C9H18F2N2S/c1-2-8-5-13(3-4-14-8)7-9(10,11)6-12/h8H,2-7,12H2,1H3. The number of alkyl halides is 2. The molecule has 0 spiro atoms. The Labute approximate surface area is 88.2 Å². The summed E-state index contributed by atoms with van der Waals surface area (Å²) < 4.78 is 26.0. The van der Waals surface area contributed by atoms with Crippen LogP contribution in [-0.2, 0) is 0 Å². The van der Waals surface area contributed by atoms with E-state index in [-0.39, 0.29) is 6.54 Å². The number of nitrogens with two attached hydrogens (primary N) is 1. The van der Waals surface area contributed by atoms with E-state index in [4.69, 9.17) is 5.73 Å². The van der Waals surface area contributed by atoms with Crippen molar-refractivity contribution in [3.63, 3.8) is 0 Å². The first-order chi connectivity index (χ1) is 6.57. The lowest BCUT2D eigenvalue weighted by Crippen LogP contribution is -2.47. The summed E-state index contributed by atoms with van der Waals surface area (Å²) in [5.41, 5.74) is 5.01. The molecule has 1 unspecified atom stereocenters. The Hall–Kier alpha value is 0.130. The summed E-state index contributed by atoms with van der Waals surface area (Å²) in [7, 11) is 0. The molecule has 2 nitrogen and oxygen atoms in total. The van der Waals surface area contributed by atoms with Crippen molar-refractivity contribution in [3.8, 4) is 0 Å². The third-order valence-electron chi connectivity index (χ3n) is 2.43. The molecule has 1 rings (SSSR count). The van der Waals surface area contributed by atoms with Gasteiger partial charge < -0.3 is 5.73 Å². The molecule has 0 amide bonds. The van der Waals surface area contributed by atoms with Crippen molar-refractivity contribution in [1.29, 1.82) is 0 Å². The molecule has 0 aromatic carbocycles. The fraction of sp³-hybridized carbons (Fsp3) is 1.00.